The lowest BCUT2D eigenvalue weighted by molar-refractivity contribution is 0.141. The minimum atomic E-state index is -3.72. The monoisotopic (exact) mass is 408 g/mol. The second-order valence-corrected chi connectivity index (χ2v) is 8.92. The molecule has 3 rings (SSSR count). The molecule has 6 heteroatoms. The summed E-state index contributed by atoms with van der Waals surface area (Å²) in [6.45, 7) is 3.72. The minimum Gasteiger partial charge on any atom is -0.287 e. The molecule has 0 N–H and O–H groups in total. The van der Waals surface area contributed by atoms with Crippen molar-refractivity contribution < 1.29 is 13.6 Å². The molecule has 4 unspecified atom stereocenters. The van der Waals surface area contributed by atoms with Gasteiger partial charge in [0.05, 0.1) is 0 Å². The van der Waals surface area contributed by atoms with Crippen LogP contribution in [-0.2, 0) is 13.6 Å². The first-order valence-electron chi connectivity index (χ1n) is 9.50. The molecule has 0 saturated carbocycles. The highest BCUT2D eigenvalue weighted by molar-refractivity contribution is 7.51. The van der Waals surface area contributed by atoms with E-state index in [2.05, 4.69) is 6.07 Å². The van der Waals surface area contributed by atoms with Gasteiger partial charge in [0.25, 0.3) is 0 Å². The summed E-state index contributed by atoms with van der Waals surface area (Å²) in [5.74, 6) is 0. The summed E-state index contributed by atoms with van der Waals surface area (Å²) in [7, 11) is -2.02. The van der Waals surface area contributed by atoms with Gasteiger partial charge in [0.15, 0.2) is 0 Å². The van der Waals surface area contributed by atoms with Gasteiger partial charge in [-0.25, -0.2) is 9.24 Å². The second kappa shape index (κ2) is 8.90. The summed E-state index contributed by atoms with van der Waals surface area (Å²) in [6.07, 6.45) is 6.28. The maximum Gasteiger partial charge on any atom is 0.411 e. The lowest BCUT2D eigenvalue weighted by Crippen LogP contribution is -2.29. The molecule has 2 aromatic carbocycles. The quantitative estimate of drug-likeness (QED) is 0.450. The summed E-state index contributed by atoms with van der Waals surface area (Å²) >= 11 is 0. The first-order valence-corrected chi connectivity index (χ1v) is 11.0. The topological polar surface area (TPSA) is 62.6 Å². The lowest BCUT2D eigenvalue weighted by Gasteiger charge is -2.27. The molecule has 0 aromatic heterocycles. The molecular weight excluding hydrogens is 383 g/mol. The van der Waals surface area contributed by atoms with Crippen LogP contribution in [0, 0.1) is 11.3 Å². The van der Waals surface area contributed by atoms with Crippen LogP contribution in [0.2, 0.25) is 0 Å². The largest absolute Gasteiger partial charge is 0.411 e. The predicted octanol–water partition coefficient (Wildman–Crippen LogP) is 5.75. The first kappa shape index (κ1) is 21.2. The van der Waals surface area contributed by atoms with E-state index in [9.17, 15) is 9.83 Å². The van der Waals surface area contributed by atoms with E-state index in [1.807, 2.05) is 67.6 Å². The number of rotatable bonds is 6. The number of nitriles is 1. The third-order valence-electron chi connectivity index (χ3n) is 4.97. The van der Waals surface area contributed by atoms with Gasteiger partial charge in [-0.3, -0.25) is 9.05 Å². The molecule has 2 aromatic rings. The highest BCUT2D eigenvalue weighted by Crippen LogP contribution is 2.64. The average Bonchev–Trinajstić information content (AvgIpc) is 2.97. The summed E-state index contributed by atoms with van der Waals surface area (Å²) < 4.78 is 27.2. The van der Waals surface area contributed by atoms with Crippen molar-refractivity contribution in [3.63, 3.8) is 0 Å². The zero-order valence-corrected chi connectivity index (χ0v) is 17.7. The van der Waals surface area contributed by atoms with Gasteiger partial charge in [-0.2, -0.15) is 5.26 Å². The SMILES string of the molecule is C/C=C/C(C#N)(/C=C/c1ccccc1)OP1(=O)OC(c2ccccc2)C(C)N1C. The average molecular weight is 408 g/mol. The maximum absolute atomic E-state index is 13.7. The van der Waals surface area contributed by atoms with Crippen molar-refractivity contribution in [1.82, 2.24) is 4.67 Å². The van der Waals surface area contributed by atoms with Crippen molar-refractivity contribution in [2.45, 2.75) is 31.6 Å². The van der Waals surface area contributed by atoms with Crippen LogP contribution in [0.4, 0.5) is 0 Å². The Labute approximate surface area is 172 Å². The van der Waals surface area contributed by atoms with Crippen LogP contribution in [0.15, 0.2) is 78.9 Å². The summed E-state index contributed by atoms with van der Waals surface area (Å²) in [5, 5.41) is 9.92. The fraction of sp³-hybridized carbons (Fsp3) is 0.261. The fourth-order valence-electron chi connectivity index (χ4n) is 3.23. The molecule has 4 atom stereocenters. The Morgan fingerprint density at radius 1 is 1.14 bits per heavy atom. The standard InChI is InChI=1S/C23H25N2O3P/c1-4-16-23(18-24,17-15-20-11-7-5-8-12-20)28-29(26)25(3)19(2)22(27-29)21-13-9-6-10-14-21/h4-17,19,22H,1-3H3/b16-4+,17-15+. The van der Waals surface area contributed by atoms with Crippen molar-refractivity contribution in [3.05, 3.63) is 90.0 Å². The first-order chi connectivity index (χ1) is 13.9. The third-order valence-corrected chi connectivity index (χ3v) is 7.13. The molecule has 1 heterocycles. The Kier molecular flexibility index (Phi) is 6.52. The molecule has 0 bridgehead atoms. The maximum atomic E-state index is 13.7. The number of benzene rings is 2. The van der Waals surface area contributed by atoms with E-state index in [1.165, 1.54) is 0 Å². The van der Waals surface area contributed by atoms with Crippen molar-refractivity contribution in [1.29, 1.82) is 5.26 Å². The van der Waals surface area contributed by atoms with Crippen LogP contribution in [0.3, 0.4) is 0 Å². The minimum absolute atomic E-state index is 0.177. The molecule has 1 saturated heterocycles. The molecule has 150 valence electrons. The molecule has 1 aliphatic heterocycles. The van der Waals surface area contributed by atoms with E-state index in [-0.39, 0.29) is 6.04 Å². The zero-order valence-electron chi connectivity index (χ0n) is 16.8. The zero-order chi connectivity index (χ0) is 20.9. The Morgan fingerprint density at radius 3 is 2.34 bits per heavy atom. The van der Waals surface area contributed by atoms with Gasteiger partial charge < -0.3 is 0 Å². The molecule has 0 spiro atoms. The van der Waals surface area contributed by atoms with E-state index in [4.69, 9.17) is 9.05 Å². The van der Waals surface area contributed by atoms with Crippen LogP contribution in [-0.4, -0.2) is 23.4 Å². The van der Waals surface area contributed by atoms with Gasteiger partial charge in [-0.15, -0.1) is 0 Å². The number of hydrogen-bond acceptors (Lipinski definition) is 4. The Hall–Kier alpha value is -2.48. The van der Waals surface area contributed by atoms with Crippen LogP contribution in [0.25, 0.3) is 6.08 Å². The highest BCUT2D eigenvalue weighted by atomic mass is 31.2. The molecular formula is C23H25N2O3P. The molecule has 1 aliphatic rings. The van der Waals surface area contributed by atoms with E-state index >= 15 is 0 Å². The van der Waals surface area contributed by atoms with Crippen molar-refractivity contribution >= 4 is 13.8 Å². The number of hydrogen-bond donors (Lipinski definition) is 0. The summed E-state index contributed by atoms with van der Waals surface area (Å²) in [6, 6.07) is 21.2. The Bertz CT molecular complexity index is 969. The van der Waals surface area contributed by atoms with Gasteiger partial charge in [-0.1, -0.05) is 72.8 Å². The molecule has 1 fully saturated rings. The van der Waals surface area contributed by atoms with Gasteiger partial charge in [0.1, 0.15) is 12.2 Å². The molecule has 29 heavy (non-hydrogen) atoms. The molecule has 0 radical (unpaired) electrons. The second-order valence-electron chi connectivity index (χ2n) is 6.96. The Balaban J connectivity index is 1.92. The van der Waals surface area contributed by atoms with Gasteiger partial charge in [-0.05, 0) is 44.2 Å². The number of allylic oxidation sites excluding steroid dienone is 1. The van der Waals surface area contributed by atoms with E-state index < -0.39 is 19.5 Å². The van der Waals surface area contributed by atoms with Crippen LogP contribution in [0.1, 0.15) is 31.1 Å². The van der Waals surface area contributed by atoms with Crippen molar-refractivity contribution in [2.75, 3.05) is 7.05 Å². The third kappa shape index (κ3) is 4.58. The van der Waals surface area contributed by atoms with Crippen molar-refractivity contribution in [3.8, 4) is 6.07 Å². The van der Waals surface area contributed by atoms with E-state index in [0.29, 0.717) is 0 Å². The summed E-state index contributed by atoms with van der Waals surface area (Å²) in [5.41, 5.74) is 0.316. The highest BCUT2D eigenvalue weighted by Gasteiger charge is 2.51. The van der Waals surface area contributed by atoms with Gasteiger partial charge >= 0.3 is 7.75 Å². The number of nitrogens with zero attached hydrogens (tertiary/aromatic N) is 2. The molecule has 5 nitrogen and oxygen atoms in total. The predicted molar refractivity (Wildman–Crippen MR) is 115 cm³/mol. The Morgan fingerprint density at radius 2 is 1.76 bits per heavy atom. The van der Waals surface area contributed by atoms with Crippen LogP contribution >= 0.6 is 7.75 Å². The molecule has 0 aliphatic carbocycles. The van der Waals surface area contributed by atoms with E-state index in [0.717, 1.165) is 11.1 Å². The fourth-order valence-corrected chi connectivity index (χ4v) is 5.24. The summed E-state index contributed by atoms with van der Waals surface area (Å²) in [4.78, 5) is 0. The number of likely N-dealkylation sites (N-methyl/N-ethyl adjacent to an activating group) is 1. The molecule has 0 amide bonds. The van der Waals surface area contributed by atoms with E-state index in [1.54, 1.807) is 42.9 Å². The smallest absolute Gasteiger partial charge is 0.287 e. The van der Waals surface area contributed by atoms with Crippen molar-refractivity contribution in [2.24, 2.45) is 0 Å². The van der Waals surface area contributed by atoms with Gasteiger partial charge in [0.2, 0.25) is 5.60 Å². The van der Waals surface area contributed by atoms with Crippen LogP contribution in [0.5, 0.6) is 0 Å². The normalized spacial score (nSPS) is 27.2. The van der Waals surface area contributed by atoms with Gasteiger partial charge in [0, 0.05) is 6.04 Å². The van der Waals surface area contributed by atoms with Crippen LogP contribution < -0.4 is 0 Å². The lowest BCUT2D eigenvalue weighted by atomic mass is 10.0.